The first-order valence-corrected chi connectivity index (χ1v) is 16.4. The molecule has 7 nitrogen and oxygen atoms in total. The van der Waals surface area contributed by atoms with Crippen molar-refractivity contribution in [2.75, 3.05) is 10.6 Å². The number of carbonyl (C=O) groups is 3. The quantitative estimate of drug-likeness (QED) is 0.0863. The van der Waals surface area contributed by atoms with Gasteiger partial charge in [-0.3, -0.25) is 14.4 Å². The van der Waals surface area contributed by atoms with Crippen molar-refractivity contribution >= 4 is 69.4 Å². The Morgan fingerprint density at radius 2 is 1.50 bits per heavy atom. The second-order valence-corrected chi connectivity index (χ2v) is 12.5. The second-order valence-electron chi connectivity index (χ2n) is 11.0. The molecule has 6 rings (SSSR count). The maximum Gasteiger partial charge on any atom is 0.272 e. The molecule has 3 amide bonds. The maximum absolute atomic E-state index is 13.8. The van der Waals surface area contributed by atoms with E-state index in [1.54, 1.807) is 60.8 Å². The molecule has 238 valence electrons. The number of hydrogen-bond acceptors (Lipinski definition) is 4. The first-order valence-electron chi connectivity index (χ1n) is 15.2. The number of benzene rings is 5. The number of carbonyl (C=O) groups excluding carboxylic acids is 3. The summed E-state index contributed by atoms with van der Waals surface area (Å²) in [5, 5.41) is 9.65. The van der Waals surface area contributed by atoms with Crippen LogP contribution < -0.4 is 16.0 Å². The number of hydrogen-bond donors (Lipinski definition) is 4. The van der Waals surface area contributed by atoms with E-state index < -0.39 is 17.1 Å². The third-order valence-corrected chi connectivity index (χ3v) is 9.32. The van der Waals surface area contributed by atoms with E-state index in [2.05, 4.69) is 20.9 Å². The number of anilines is 2. The molecule has 0 saturated carbocycles. The molecule has 5 aromatic carbocycles. The van der Waals surface area contributed by atoms with Crippen molar-refractivity contribution in [3.05, 3.63) is 167 Å². The number of aromatic nitrogens is 1. The molecule has 0 radical (unpaired) electrons. The van der Waals surface area contributed by atoms with Crippen molar-refractivity contribution < 1.29 is 14.4 Å². The third kappa shape index (κ3) is 7.69. The van der Waals surface area contributed by atoms with Crippen LogP contribution in [0.5, 0.6) is 0 Å². The summed E-state index contributed by atoms with van der Waals surface area (Å²) in [7, 11) is 0. The van der Waals surface area contributed by atoms with E-state index >= 15 is 0 Å². The maximum atomic E-state index is 13.8. The molecule has 0 aliphatic heterocycles. The van der Waals surface area contributed by atoms with Crippen LogP contribution in [0.3, 0.4) is 0 Å². The van der Waals surface area contributed by atoms with Gasteiger partial charge in [-0.15, -0.1) is 11.8 Å². The molecule has 0 fully saturated rings. The van der Waals surface area contributed by atoms with Crippen molar-refractivity contribution in [1.29, 1.82) is 0 Å². The van der Waals surface area contributed by atoms with Crippen molar-refractivity contribution in [2.24, 2.45) is 0 Å². The highest BCUT2D eigenvalue weighted by atomic mass is 35.5. The fraction of sp³-hybridized carbons (Fsp3) is 0.0513. The van der Waals surface area contributed by atoms with E-state index in [9.17, 15) is 14.4 Å². The number of fused-ring (bicyclic) bond motifs is 1. The standard InChI is InChI=1S/C39H31ClN4O3S/c1-25-32(40)19-11-21-33(25)43-39(47)36(26-12-4-2-5-13-26)48-30-17-10-16-29(23-30)42-38(46)35(44-37(45)27-14-6-3-7-15-27)22-28-24-41-34-20-9-8-18-31(28)34/h2-24,36,41H,1H3,(H,42,46)(H,43,47)(H,44,45)/b35-22-. The number of amides is 3. The van der Waals surface area contributed by atoms with Gasteiger partial charge in [-0.05, 0) is 72.7 Å². The van der Waals surface area contributed by atoms with Gasteiger partial charge in [-0.1, -0.05) is 90.5 Å². The summed E-state index contributed by atoms with van der Waals surface area (Å²) in [6, 6.07) is 38.6. The number of H-pyrrole nitrogens is 1. The topological polar surface area (TPSA) is 103 Å². The molecule has 0 aliphatic rings. The Morgan fingerprint density at radius 1 is 0.792 bits per heavy atom. The molecule has 0 aliphatic carbocycles. The predicted molar refractivity (Wildman–Crippen MR) is 195 cm³/mol. The van der Waals surface area contributed by atoms with Gasteiger partial charge in [0.2, 0.25) is 5.91 Å². The van der Waals surface area contributed by atoms with Crippen molar-refractivity contribution in [2.45, 2.75) is 17.1 Å². The Hall–Kier alpha value is -5.57. The minimum Gasteiger partial charge on any atom is -0.361 e. The molecule has 1 heterocycles. The van der Waals surface area contributed by atoms with Crippen molar-refractivity contribution in [3.63, 3.8) is 0 Å². The lowest BCUT2D eigenvalue weighted by molar-refractivity contribution is -0.116. The smallest absolute Gasteiger partial charge is 0.272 e. The minimum atomic E-state index is -0.599. The van der Waals surface area contributed by atoms with E-state index in [-0.39, 0.29) is 11.6 Å². The number of nitrogens with one attached hydrogen (secondary N) is 4. The summed E-state index contributed by atoms with van der Waals surface area (Å²) in [6.45, 7) is 1.86. The van der Waals surface area contributed by atoms with Crippen LogP contribution in [0.2, 0.25) is 5.02 Å². The fourth-order valence-corrected chi connectivity index (χ4v) is 6.39. The summed E-state index contributed by atoms with van der Waals surface area (Å²) in [5.41, 5.74) is 4.90. The van der Waals surface area contributed by atoms with Crippen LogP contribution in [0.15, 0.2) is 144 Å². The van der Waals surface area contributed by atoms with Crippen LogP contribution in [0.25, 0.3) is 17.0 Å². The Labute approximate surface area is 287 Å². The number of halogens is 1. The summed E-state index contributed by atoms with van der Waals surface area (Å²) >= 11 is 7.67. The molecular weight excluding hydrogens is 640 g/mol. The highest BCUT2D eigenvalue weighted by Crippen LogP contribution is 2.38. The van der Waals surface area contributed by atoms with Crippen molar-refractivity contribution in [3.8, 4) is 0 Å². The van der Waals surface area contributed by atoms with Crippen LogP contribution >= 0.6 is 23.4 Å². The number of para-hydroxylation sites is 1. The van der Waals surface area contributed by atoms with E-state index in [0.717, 1.165) is 32.5 Å². The molecule has 48 heavy (non-hydrogen) atoms. The summed E-state index contributed by atoms with van der Waals surface area (Å²) in [6.07, 6.45) is 3.45. The summed E-state index contributed by atoms with van der Waals surface area (Å²) in [5.74, 6) is -1.12. The summed E-state index contributed by atoms with van der Waals surface area (Å²) in [4.78, 5) is 44.6. The van der Waals surface area contributed by atoms with Gasteiger partial charge in [0.05, 0.1) is 0 Å². The molecule has 0 saturated heterocycles. The van der Waals surface area contributed by atoms with Gasteiger partial charge in [-0.25, -0.2) is 0 Å². The number of thioether (sulfide) groups is 1. The van der Waals surface area contributed by atoms with Crippen LogP contribution in [0.1, 0.15) is 32.3 Å². The van der Waals surface area contributed by atoms with Gasteiger partial charge in [0.1, 0.15) is 10.9 Å². The molecule has 6 aromatic rings. The average Bonchev–Trinajstić information content (AvgIpc) is 3.52. The van der Waals surface area contributed by atoms with Gasteiger partial charge in [0.15, 0.2) is 0 Å². The molecule has 1 aromatic heterocycles. The minimum absolute atomic E-state index is 0.0742. The van der Waals surface area contributed by atoms with Crippen LogP contribution in [0.4, 0.5) is 11.4 Å². The zero-order valence-corrected chi connectivity index (χ0v) is 27.4. The summed E-state index contributed by atoms with van der Waals surface area (Å²) < 4.78 is 0. The third-order valence-electron chi connectivity index (χ3n) is 7.66. The Morgan fingerprint density at radius 3 is 2.29 bits per heavy atom. The molecule has 0 bridgehead atoms. The van der Waals surface area contributed by atoms with Crippen molar-refractivity contribution in [1.82, 2.24) is 10.3 Å². The number of rotatable bonds is 10. The first-order chi connectivity index (χ1) is 23.4. The largest absolute Gasteiger partial charge is 0.361 e. The second kappa shape index (κ2) is 14.9. The van der Waals surface area contributed by atoms with Gasteiger partial charge in [-0.2, -0.15) is 0 Å². The first kappa shape index (κ1) is 32.4. The van der Waals surface area contributed by atoms with Crippen LogP contribution in [0, 0.1) is 6.92 Å². The molecule has 9 heteroatoms. The Bertz CT molecular complexity index is 2130. The Kier molecular flexibility index (Phi) is 10.0. The average molecular weight is 671 g/mol. The highest BCUT2D eigenvalue weighted by molar-refractivity contribution is 8.00. The molecule has 4 N–H and O–H groups in total. The van der Waals surface area contributed by atoms with Gasteiger partial charge in [0.25, 0.3) is 11.8 Å². The highest BCUT2D eigenvalue weighted by Gasteiger charge is 2.23. The van der Waals surface area contributed by atoms with Gasteiger partial charge in [0, 0.05) is 49.5 Å². The van der Waals surface area contributed by atoms with E-state index in [0.29, 0.717) is 22.0 Å². The predicted octanol–water partition coefficient (Wildman–Crippen LogP) is 9.01. The van der Waals surface area contributed by atoms with Gasteiger partial charge < -0.3 is 20.9 Å². The lowest BCUT2D eigenvalue weighted by Gasteiger charge is -2.19. The van der Waals surface area contributed by atoms with E-state index in [1.165, 1.54) is 11.8 Å². The van der Waals surface area contributed by atoms with E-state index in [1.807, 2.05) is 85.8 Å². The number of aromatic amines is 1. The van der Waals surface area contributed by atoms with Gasteiger partial charge >= 0.3 is 0 Å². The normalized spacial score (nSPS) is 11.9. The van der Waals surface area contributed by atoms with Crippen LogP contribution in [-0.4, -0.2) is 22.7 Å². The molecular formula is C39H31ClN4O3S. The zero-order chi connectivity index (χ0) is 33.5. The molecule has 1 unspecified atom stereocenters. The fourth-order valence-electron chi connectivity index (χ4n) is 5.13. The van der Waals surface area contributed by atoms with E-state index in [4.69, 9.17) is 11.6 Å². The molecule has 1 atom stereocenters. The SMILES string of the molecule is Cc1c(Cl)cccc1NC(=O)C(Sc1cccc(NC(=O)/C(=C/c2c[nH]c3ccccc23)NC(=O)c2ccccc2)c1)c1ccccc1. The monoisotopic (exact) mass is 670 g/mol. The molecule has 0 spiro atoms. The lowest BCUT2D eigenvalue weighted by atomic mass is 10.1. The lowest BCUT2D eigenvalue weighted by Crippen LogP contribution is -2.30. The zero-order valence-electron chi connectivity index (χ0n) is 25.9. The van der Waals surface area contributed by atoms with Crippen LogP contribution in [-0.2, 0) is 9.59 Å². The Balaban J connectivity index is 1.26.